The molecule has 1 fully saturated rings. The molecule has 0 saturated carbocycles. The van der Waals surface area contributed by atoms with E-state index >= 15 is 0 Å². The molecule has 0 radical (unpaired) electrons. The summed E-state index contributed by atoms with van der Waals surface area (Å²) in [6.45, 7) is 5.37. The van der Waals surface area contributed by atoms with E-state index in [1.54, 1.807) is 32.5 Å². The topological polar surface area (TPSA) is 77.1 Å². The number of ether oxygens (including phenoxy) is 3. The molecular formula is C27H36N2O5S. The van der Waals surface area contributed by atoms with Crippen LogP contribution in [0, 0.1) is 5.92 Å². The minimum Gasteiger partial charge on any atom is -0.493 e. The maximum atomic E-state index is 12.4. The number of thiophene rings is 1. The Bertz CT molecular complexity index is 1060. The highest BCUT2D eigenvalue weighted by atomic mass is 32.1. The SMILES string of the molecule is CCOC(=O)C1CCN(C(c2ccc(OC)c(OC)c2)c2c(NC(C)=O)sc3c2CCCC3)CC1. The standard InChI is InChI=1S/C27H36N2O5S/c1-5-34-27(31)18-12-14-29(15-13-18)25(19-10-11-21(32-3)22(16-19)33-4)24-20-8-6-7-9-23(20)35-26(24)28-17(2)30/h10-11,16,18,25H,5-9,12-15H2,1-4H3,(H,28,30). The van der Waals surface area contributed by atoms with Crippen LogP contribution >= 0.6 is 11.3 Å². The molecule has 1 unspecified atom stereocenters. The number of nitrogens with zero attached hydrogens (tertiary/aromatic N) is 1. The molecule has 2 heterocycles. The van der Waals surface area contributed by atoms with Crippen LogP contribution in [0.1, 0.15) is 67.1 Å². The molecule has 190 valence electrons. The fourth-order valence-electron chi connectivity index (χ4n) is 5.37. The molecule has 1 aromatic carbocycles. The number of hydrogen-bond donors (Lipinski definition) is 1. The lowest BCUT2D eigenvalue weighted by Gasteiger charge is -2.38. The summed E-state index contributed by atoms with van der Waals surface area (Å²) in [4.78, 5) is 28.4. The number of hydrogen-bond acceptors (Lipinski definition) is 7. The van der Waals surface area contributed by atoms with E-state index in [9.17, 15) is 9.59 Å². The fourth-order valence-corrected chi connectivity index (χ4v) is 6.74. The minimum absolute atomic E-state index is 0.0575. The normalized spacial score (nSPS) is 17.4. The smallest absolute Gasteiger partial charge is 0.309 e. The third-order valence-corrected chi connectivity index (χ3v) is 8.24. The monoisotopic (exact) mass is 500 g/mol. The van der Waals surface area contributed by atoms with E-state index in [0.717, 1.165) is 55.8 Å². The second-order valence-electron chi connectivity index (χ2n) is 9.21. The summed E-state index contributed by atoms with van der Waals surface area (Å²) in [7, 11) is 3.29. The van der Waals surface area contributed by atoms with Gasteiger partial charge in [0.05, 0.1) is 32.8 Å². The number of carbonyl (C=O) groups excluding carboxylic acids is 2. The van der Waals surface area contributed by atoms with Gasteiger partial charge in [-0.2, -0.15) is 0 Å². The van der Waals surface area contributed by atoms with Gasteiger partial charge >= 0.3 is 5.97 Å². The summed E-state index contributed by atoms with van der Waals surface area (Å²) in [5.74, 6) is 1.15. The predicted molar refractivity (Wildman–Crippen MR) is 138 cm³/mol. The molecule has 1 aliphatic carbocycles. The van der Waals surface area contributed by atoms with Crippen LogP contribution in [-0.4, -0.2) is 50.7 Å². The second kappa shape index (κ2) is 11.4. The van der Waals surface area contributed by atoms with Crippen LogP contribution in [0.15, 0.2) is 18.2 Å². The van der Waals surface area contributed by atoms with Crippen molar-refractivity contribution in [2.24, 2.45) is 5.92 Å². The van der Waals surface area contributed by atoms with Gasteiger partial charge < -0.3 is 19.5 Å². The lowest BCUT2D eigenvalue weighted by Crippen LogP contribution is -2.40. The van der Waals surface area contributed by atoms with E-state index in [2.05, 4.69) is 16.3 Å². The molecule has 1 aliphatic heterocycles. The molecule has 1 aromatic heterocycles. The summed E-state index contributed by atoms with van der Waals surface area (Å²) < 4.78 is 16.4. The Morgan fingerprint density at radius 1 is 1.11 bits per heavy atom. The average Bonchev–Trinajstić information content (AvgIpc) is 3.21. The Balaban J connectivity index is 1.77. The van der Waals surface area contributed by atoms with Gasteiger partial charge in [-0.15, -0.1) is 11.3 Å². The third kappa shape index (κ3) is 5.48. The second-order valence-corrected chi connectivity index (χ2v) is 10.3. The van der Waals surface area contributed by atoms with Crippen molar-refractivity contribution in [2.45, 2.75) is 58.4 Å². The van der Waals surface area contributed by atoms with Gasteiger partial charge in [0, 0.05) is 17.4 Å². The number of benzene rings is 1. The number of esters is 1. The molecule has 7 nitrogen and oxygen atoms in total. The van der Waals surface area contributed by atoms with Gasteiger partial charge in [-0.3, -0.25) is 14.5 Å². The molecule has 2 aliphatic rings. The molecule has 4 rings (SSSR count). The minimum atomic E-state index is -0.0957. The third-order valence-electron chi connectivity index (χ3n) is 7.01. The number of methoxy groups -OCH3 is 2. The highest BCUT2D eigenvalue weighted by Gasteiger charge is 2.35. The maximum absolute atomic E-state index is 12.4. The van der Waals surface area contributed by atoms with Crippen molar-refractivity contribution >= 4 is 28.2 Å². The number of carbonyl (C=O) groups is 2. The molecular weight excluding hydrogens is 464 g/mol. The maximum Gasteiger partial charge on any atom is 0.309 e. The molecule has 0 bridgehead atoms. The van der Waals surface area contributed by atoms with Gasteiger partial charge in [0.25, 0.3) is 0 Å². The summed E-state index contributed by atoms with van der Waals surface area (Å²) in [6.07, 6.45) is 5.91. The van der Waals surface area contributed by atoms with Gasteiger partial charge in [0.15, 0.2) is 11.5 Å². The van der Waals surface area contributed by atoms with Crippen LogP contribution in [-0.2, 0) is 27.2 Å². The zero-order valence-corrected chi connectivity index (χ0v) is 22.0. The highest BCUT2D eigenvalue weighted by molar-refractivity contribution is 7.16. The van der Waals surface area contributed by atoms with Gasteiger partial charge in [-0.05, 0) is 81.8 Å². The Morgan fingerprint density at radius 3 is 2.49 bits per heavy atom. The first-order valence-electron chi connectivity index (χ1n) is 12.5. The van der Waals surface area contributed by atoms with Crippen LogP contribution < -0.4 is 14.8 Å². The van der Waals surface area contributed by atoms with Crippen molar-refractivity contribution in [3.63, 3.8) is 0 Å². The van der Waals surface area contributed by atoms with E-state index in [0.29, 0.717) is 18.1 Å². The Labute approximate surface area is 211 Å². The van der Waals surface area contributed by atoms with Crippen molar-refractivity contribution in [2.75, 3.05) is 39.2 Å². The highest BCUT2D eigenvalue weighted by Crippen LogP contribution is 2.47. The van der Waals surface area contributed by atoms with E-state index in [4.69, 9.17) is 14.2 Å². The Hall–Kier alpha value is -2.58. The summed E-state index contributed by atoms with van der Waals surface area (Å²) in [6, 6.07) is 6.03. The van der Waals surface area contributed by atoms with Gasteiger partial charge in [-0.25, -0.2) is 0 Å². The number of rotatable bonds is 8. The van der Waals surface area contributed by atoms with Crippen molar-refractivity contribution < 1.29 is 23.8 Å². The van der Waals surface area contributed by atoms with E-state index in [1.165, 1.54) is 22.4 Å². The number of nitrogens with one attached hydrogen (secondary N) is 1. The Kier molecular flexibility index (Phi) is 8.34. The fraction of sp³-hybridized carbons (Fsp3) is 0.556. The zero-order valence-electron chi connectivity index (χ0n) is 21.1. The van der Waals surface area contributed by atoms with E-state index in [-0.39, 0.29) is 23.8 Å². The van der Waals surface area contributed by atoms with Crippen LogP contribution in [0.25, 0.3) is 0 Å². The first-order chi connectivity index (χ1) is 17.0. The molecule has 2 aromatic rings. The molecule has 8 heteroatoms. The molecule has 1 amide bonds. The van der Waals surface area contributed by atoms with Gasteiger partial charge in [0.2, 0.25) is 5.91 Å². The van der Waals surface area contributed by atoms with Crippen molar-refractivity contribution in [1.82, 2.24) is 4.90 Å². The lowest BCUT2D eigenvalue weighted by molar-refractivity contribution is -0.149. The summed E-state index contributed by atoms with van der Waals surface area (Å²) in [5, 5.41) is 4.08. The molecule has 1 N–H and O–H groups in total. The largest absolute Gasteiger partial charge is 0.493 e. The zero-order chi connectivity index (χ0) is 24.9. The number of likely N-dealkylation sites (tertiary alicyclic amines) is 1. The first kappa shape index (κ1) is 25.5. The number of fused-ring (bicyclic) bond motifs is 1. The van der Waals surface area contributed by atoms with E-state index < -0.39 is 0 Å². The quantitative estimate of drug-likeness (QED) is 0.516. The van der Waals surface area contributed by atoms with E-state index in [1.807, 2.05) is 19.1 Å². The van der Waals surface area contributed by atoms with Crippen LogP contribution in [0.4, 0.5) is 5.00 Å². The van der Waals surface area contributed by atoms with Crippen molar-refractivity contribution in [1.29, 1.82) is 0 Å². The number of anilines is 1. The molecule has 35 heavy (non-hydrogen) atoms. The molecule has 0 spiro atoms. The molecule has 1 saturated heterocycles. The molecule has 1 atom stereocenters. The van der Waals surface area contributed by atoms with Gasteiger partial charge in [0.1, 0.15) is 5.00 Å². The number of aryl methyl sites for hydroxylation is 1. The summed E-state index contributed by atoms with van der Waals surface area (Å²) in [5.41, 5.74) is 3.66. The number of piperidine rings is 1. The van der Waals surface area contributed by atoms with Crippen LogP contribution in [0.3, 0.4) is 0 Å². The van der Waals surface area contributed by atoms with Crippen molar-refractivity contribution in [3.8, 4) is 11.5 Å². The van der Waals surface area contributed by atoms with Crippen molar-refractivity contribution in [3.05, 3.63) is 39.8 Å². The Morgan fingerprint density at radius 2 is 1.83 bits per heavy atom. The lowest BCUT2D eigenvalue weighted by atomic mass is 9.86. The average molecular weight is 501 g/mol. The first-order valence-corrected chi connectivity index (χ1v) is 13.3. The van der Waals surface area contributed by atoms with Gasteiger partial charge in [-0.1, -0.05) is 6.07 Å². The predicted octanol–water partition coefficient (Wildman–Crippen LogP) is 4.97. The van der Waals surface area contributed by atoms with Crippen LogP contribution in [0.5, 0.6) is 11.5 Å². The summed E-state index contributed by atoms with van der Waals surface area (Å²) >= 11 is 1.72. The van der Waals surface area contributed by atoms with Crippen LogP contribution in [0.2, 0.25) is 0 Å². The number of amides is 1.